The van der Waals surface area contributed by atoms with Gasteiger partial charge in [-0.3, -0.25) is 9.11 Å². The van der Waals surface area contributed by atoms with Crippen molar-refractivity contribution in [3.8, 4) is 0 Å². The second-order valence-corrected chi connectivity index (χ2v) is 9.74. The van der Waals surface area contributed by atoms with Crippen molar-refractivity contribution in [1.29, 1.82) is 0 Å². The standard InChI is InChI=1S/C6H14O7S4/c7-15(4-2-6-17(11,12)13)14-3-1-5-16(8,9)10/h1-6H2,(H,8,9,10)(H,11,12,13). The van der Waals surface area contributed by atoms with Crippen LogP contribution in [0.1, 0.15) is 12.8 Å². The van der Waals surface area contributed by atoms with Crippen molar-refractivity contribution >= 4 is 40.9 Å². The summed E-state index contributed by atoms with van der Waals surface area (Å²) in [7, 11) is -8.33. The Labute approximate surface area is 107 Å². The van der Waals surface area contributed by atoms with Gasteiger partial charge in [-0.05, 0) is 12.8 Å². The summed E-state index contributed by atoms with van der Waals surface area (Å²) in [4.78, 5) is 0. The van der Waals surface area contributed by atoms with Gasteiger partial charge in [0.1, 0.15) is 0 Å². The van der Waals surface area contributed by atoms with Gasteiger partial charge < -0.3 is 0 Å². The summed E-state index contributed by atoms with van der Waals surface area (Å²) in [5.74, 6) is -0.429. The van der Waals surface area contributed by atoms with Gasteiger partial charge in [-0.15, -0.1) is 0 Å². The highest BCUT2D eigenvalue weighted by Gasteiger charge is 2.08. The predicted octanol–water partition coefficient (Wildman–Crippen LogP) is -0.0609. The molecule has 0 fully saturated rings. The molecule has 0 bridgehead atoms. The molecule has 0 radical (unpaired) electrons. The lowest BCUT2D eigenvalue weighted by molar-refractivity contribution is 0.480. The first kappa shape index (κ1) is 17.3. The van der Waals surface area contributed by atoms with Crippen molar-refractivity contribution in [2.45, 2.75) is 12.8 Å². The summed E-state index contributed by atoms with van der Waals surface area (Å²) >= 11 is 0. The molecule has 2 N–H and O–H groups in total. The van der Waals surface area contributed by atoms with E-state index < -0.39 is 35.8 Å². The number of rotatable bonds is 9. The normalized spacial score (nSPS) is 14.7. The smallest absolute Gasteiger partial charge is 0.264 e. The zero-order valence-electron chi connectivity index (χ0n) is 8.81. The van der Waals surface area contributed by atoms with Gasteiger partial charge in [0.05, 0.1) is 21.3 Å². The molecule has 104 valence electrons. The average Bonchev–Trinajstić information content (AvgIpc) is 2.09. The Hall–Kier alpha value is 0.320. The Morgan fingerprint density at radius 1 is 0.941 bits per heavy atom. The second kappa shape index (κ2) is 7.69. The van der Waals surface area contributed by atoms with Crippen LogP contribution >= 0.6 is 10.8 Å². The average molecular weight is 326 g/mol. The molecular weight excluding hydrogens is 312 g/mol. The van der Waals surface area contributed by atoms with Crippen LogP contribution in [-0.4, -0.2) is 53.2 Å². The minimum absolute atomic E-state index is 0.0801. The Morgan fingerprint density at radius 3 is 1.88 bits per heavy atom. The van der Waals surface area contributed by atoms with Crippen molar-refractivity contribution in [1.82, 2.24) is 0 Å². The van der Waals surface area contributed by atoms with Crippen molar-refractivity contribution in [2.75, 3.05) is 23.0 Å². The molecule has 1 unspecified atom stereocenters. The van der Waals surface area contributed by atoms with E-state index >= 15 is 0 Å². The fourth-order valence-electron chi connectivity index (χ4n) is 0.811. The van der Waals surface area contributed by atoms with Crippen LogP contribution in [0.2, 0.25) is 0 Å². The van der Waals surface area contributed by atoms with Crippen LogP contribution in [0.5, 0.6) is 0 Å². The van der Waals surface area contributed by atoms with Crippen molar-refractivity contribution < 1.29 is 30.1 Å². The van der Waals surface area contributed by atoms with E-state index in [-0.39, 0.29) is 30.1 Å². The predicted molar refractivity (Wildman–Crippen MR) is 67.5 cm³/mol. The summed E-state index contributed by atoms with van der Waals surface area (Å²) in [6.45, 7) is 0. The Kier molecular flexibility index (Phi) is 7.83. The third-order valence-electron chi connectivity index (χ3n) is 1.47. The van der Waals surface area contributed by atoms with Gasteiger partial charge in [-0.2, -0.15) is 16.8 Å². The lowest BCUT2D eigenvalue weighted by Gasteiger charge is -2.00. The summed E-state index contributed by atoms with van der Waals surface area (Å²) < 4.78 is 69.4. The maximum Gasteiger partial charge on any atom is 0.264 e. The molecule has 11 heteroatoms. The summed E-state index contributed by atoms with van der Waals surface area (Å²) in [6, 6.07) is 0. The summed E-state index contributed by atoms with van der Waals surface area (Å²) in [5, 5.41) is 0. The van der Waals surface area contributed by atoms with Gasteiger partial charge >= 0.3 is 0 Å². The Bertz CT molecular complexity index is 437. The molecule has 0 aliphatic carbocycles. The number of hydrogen-bond donors (Lipinski definition) is 2. The van der Waals surface area contributed by atoms with E-state index in [1.165, 1.54) is 0 Å². The quantitative estimate of drug-likeness (QED) is 0.343. The van der Waals surface area contributed by atoms with Crippen LogP contribution in [0.4, 0.5) is 0 Å². The third kappa shape index (κ3) is 14.3. The minimum Gasteiger partial charge on any atom is -0.286 e. The highest BCUT2D eigenvalue weighted by atomic mass is 33.1. The largest absolute Gasteiger partial charge is 0.286 e. The molecular formula is C6H14O7S4. The summed E-state index contributed by atoms with van der Waals surface area (Å²) in [5.41, 5.74) is 0. The van der Waals surface area contributed by atoms with E-state index in [0.717, 1.165) is 10.8 Å². The zero-order valence-corrected chi connectivity index (χ0v) is 12.1. The topological polar surface area (TPSA) is 126 Å². The first-order valence-corrected chi connectivity index (χ1v) is 10.6. The van der Waals surface area contributed by atoms with Gasteiger partial charge in [0.25, 0.3) is 20.2 Å². The van der Waals surface area contributed by atoms with Gasteiger partial charge in [0, 0.05) is 11.5 Å². The summed E-state index contributed by atoms with van der Waals surface area (Å²) in [6.07, 6.45) is 0.254. The molecule has 0 aliphatic rings. The second-order valence-electron chi connectivity index (χ2n) is 3.11. The molecule has 0 heterocycles. The zero-order chi connectivity index (χ0) is 13.5. The van der Waals surface area contributed by atoms with Gasteiger partial charge in [0.2, 0.25) is 0 Å². The molecule has 0 spiro atoms. The van der Waals surface area contributed by atoms with Crippen LogP contribution in [-0.2, 0) is 30.1 Å². The third-order valence-corrected chi connectivity index (χ3v) is 6.21. The van der Waals surface area contributed by atoms with Crippen LogP contribution in [0, 0.1) is 0 Å². The molecule has 7 nitrogen and oxygen atoms in total. The van der Waals surface area contributed by atoms with E-state index in [0.29, 0.717) is 0 Å². The first-order valence-electron chi connectivity index (χ1n) is 4.52. The van der Waals surface area contributed by atoms with Crippen molar-refractivity contribution in [2.24, 2.45) is 0 Å². The molecule has 0 saturated heterocycles. The molecule has 0 aromatic rings. The first-order chi connectivity index (χ1) is 7.60. The molecule has 0 aromatic heterocycles. The fraction of sp³-hybridized carbons (Fsp3) is 1.00. The minimum atomic E-state index is -4.02. The van der Waals surface area contributed by atoms with Gasteiger partial charge in [0.15, 0.2) is 0 Å². The van der Waals surface area contributed by atoms with E-state index in [9.17, 15) is 21.0 Å². The molecule has 0 aromatic carbocycles. The molecule has 0 saturated carbocycles. The van der Waals surface area contributed by atoms with E-state index in [2.05, 4.69) is 0 Å². The maximum absolute atomic E-state index is 11.2. The van der Waals surface area contributed by atoms with E-state index in [4.69, 9.17) is 9.11 Å². The van der Waals surface area contributed by atoms with Crippen LogP contribution in [0.15, 0.2) is 0 Å². The molecule has 0 rings (SSSR count). The molecule has 1 atom stereocenters. The van der Waals surface area contributed by atoms with Gasteiger partial charge in [-0.25, -0.2) is 4.21 Å². The van der Waals surface area contributed by atoms with Gasteiger partial charge in [-0.1, -0.05) is 10.8 Å². The molecule has 17 heavy (non-hydrogen) atoms. The molecule has 0 aliphatic heterocycles. The van der Waals surface area contributed by atoms with E-state index in [1.54, 1.807) is 0 Å². The monoisotopic (exact) mass is 326 g/mol. The Morgan fingerprint density at radius 2 is 1.41 bits per heavy atom. The maximum atomic E-state index is 11.2. The number of hydrogen-bond acceptors (Lipinski definition) is 6. The van der Waals surface area contributed by atoms with Crippen LogP contribution in [0.3, 0.4) is 0 Å². The van der Waals surface area contributed by atoms with Crippen molar-refractivity contribution in [3.05, 3.63) is 0 Å². The van der Waals surface area contributed by atoms with Crippen LogP contribution < -0.4 is 0 Å². The van der Waals surface area contributed by atoms with Crippen molar-refractivity contribution in [3.63, 3.8) is 0 Å². The highest BCUT2D eigenvalue weighted by molar-refractivity contribution is 8.69. The highest BCUT2D eigenvalue weighted by Crippen LogP contribution is 2.11. The molecule has 0 amide bonds. The fourth-order valence-corrected chi connectivity index (χ4v) is 4.76. The SMILES string of the molecule is O=S(CCCS(=O)(=O)O)SCCCS(=O)(=O)O. The van der Waals surface area contributed by atoms with Crippen LogP contribution in [0.25, 0.3) is 0 Å². The lowest BCUT2D eigenvalue weighted by atomic mass is 10.6. The Balaban J connectivity index is 3.61. The van der Waals surface area contributed by atoms with E-state index in [1.807, 2.05) is 0 Å². The lowest BCUT2D eigenvalue weighted by Crippen LogP contribution is -2.08.